The quantitative estimate of drug-likeness (QED) is 0.437. The van der Waals surface area contributed by atoms with Crippen LogP contribution in [0.15, 0.2) is 94.6 Å². The molecule has 3 aromatic rings. The lowest BCUT2D eigenvalue weighted by molar-refractivity contribution is -0.113. The zero-order valence-corrected chi connectivity index (χ0v) is 19.0. The number of allylic oxidation sites excluding steroid dienone is 1. The number of ether oxygens (including phenoxy) is 1. The van der Waals surface area contributed by atoms with Gasteiger partial charge in [-0.15, -0.1) is 0 Å². The number of anilines is 1. The number of hydrogen-bond donors (Lipinski definition) is 3. The molecule has 4 rings (SSSR count). The third-order valence-electron chi connectivity index (χ3n) is 5.07. The molecule has 162 valence electrons. The van der Waals surface area contributed by atoms with E-state index in [2.05, 4.69) is 31.9 Å². The van der Waals surface area contributed by atoms with Crippen molar-refractivity contribution < 1.29 is 14.3 Å². The van der Waals surface area contributed by atoms with Crippen LogP contribution in [0.5, 0.6) is 5.75 Å². The Balaban J connectivity index is 1.68. The van der Waals surface area contributed by atoms with Gasteiger partial charge in [0.2, 0.25) is 0 Å². The number of carbonyl (C=O) groups is 2. The van der Waals surface area contributed by atoms with Crippen LogP contribution in [0.1, 0.15) is 24.1 Å². The Kier molecular flexibility index (Phi) is 6.56. The molecule has 0 aromatic heterocycles. The van der Waals surface area contributed by atoms with Crippen LogP contribution in [0, 0.1) is 0 Å². The molecule has 3 aromatic carbocycles. The molecule has 1 atom stereocenters. The molecule has 1 heterocycles. The first kappa shape index (κ1) is 21.6. The van der Waals surface area contributed by atoms with Gasteiger partial charge in [-0.2, -0.15) is 0 Å². The van der Waals surface area contributed by atoms with E-state index in [9.17, 15) is 9.59 Å². The highest BCUT2D eigenvalue weighted by molar-refractivity contribution is 9.10. The van der Waals surface area contributed by atoms with Crippen LogP contribution >= 0.6 is 15.9 Å². The molecular formula is C25H22BrN3O3. The van der Waals surface area contributed by atoms with Gasteiger partial charge in [-0.05, 0) is 42.8 Å². The Labute approximate surface area is 194 Å². The SMILES string of the molecule is CC1=C(C(=O)Nc2ccccc2)[C@H](c2cc(Br)ccc2OCc2ccccc2)NC(=O)N1. The van der Waals surface area contributed by atoms with Crippen molar-refractivity contribution in [3.05, 3.63) is 106 Å². The predicted octanol–water partition coefficient (Wildman–Crippen LogP) is 5.29. The average molecular weight is 492 g/mol. The first-order valence-corrected chi connectivity index (χ1v) is 10.9. The first-order valence-electron chi connectivity index (χ1n) is 10.1. The zero-order valence-electron chi connectivity index (χ0n) is 17.4. The Morgan fingerprint density at radius 2 is 1.72 bits per heavy atom. The molecule has 0 fully saturated rings. The third-order valence-corrected chi connectivity index (χ3v) is 5.56. The number of amides is 3. The third kappa shape index (κ3) is 5.00. The molecule has 1 aliphatic rings. The van der Waals surface area contributed by atoms with Crippen LogP contribution in [0.25, 0.3) is 0 Å². The van der Waals surface area contributed by atoms with Crippen LogP contribution in [-0.4, -0.2) is 11.9 Å². The van der Waals surface area contributed by atoms with Crippen LogP contribution in [0.4, 0.5) is 10.5 Å². The number of para-hydroxylation sites is 1. The summed E-state index contributed by atoms with van der Waals surface area (Å²) in [5.74, 6) is 0.280. The number of halogens is 1. The highest BCUT2D eigenvalue weighted by Crippen LogP contribution is 2.36. The Morgan fingerprint density at radius 1 is 1.03 bits per heavy atom. The molecule has 0 aliphatic carbocycles. The molecule has 0 saturated heterocycles. The lowest BCUT2D eigenvalue weighted by atomic mass is 9.94. The van der Waals surface area contributed by atoms with Crippen LogP contribution < -0.4 is 20.7 Å². The van der Waals surface area contributed by atoms with Crippen molar-refractivity contribution >= 4 is 33.6 Å². The summed E-state index contributed by atoms with van der Waals surface area (Å²) in [6, 6.07) is 23.5. The Hall–Kier alpha value is -3.58. The van der Waals surface area contributed by atoms with Crippen molar-refractivity contribution in [2.45, 2.75) is 19.6 Å². The van der Waals surface area contributed by atoms with E-state index in [0.29, 0.717) is 34.9 Å². The number of rotatable bonds is 6. The van der Waals surface area contributed by atoms with Gasteiger partial charge < -0.3 is 20.7 Å². The summed E-state index contributed by atoms with van der Waals surface area (Å²) in [6.45, 7) is 2.08. The maximum atomic E-state index is 13.2. The fourth-order valence-electron chi connectivity index (χ4n) is 3.56. The Morgan fingerprint density at radius 3 is 2.44 bits per heavy atom. The maximum absolute atomic E-state index is 13.2. The number of benzene rings is 3. The van der Waals surface area contributed by atoms with Gasteiger partial charge in [0, 0.05) is 21.4 Å². The minimum atomic E-state index is -0.685. The van der Waals surface area contributed by atoms with Gasteiger partial charge >= 0.3 is 6.03 Å². The van der Waals surface area contributed by atoms with Gasteiger partial charge in [0.05, 0.1) is 11.6 Å². The summed E-state index contributed by atoms with van der Waals surface area (Å²) in [4.78, 5) is 25.5. The molecule has 0 bridgehead atoms. The highest BCUT2D eigenvalue weighted by Gasteiger charge is 2.33. The van der Waals surface area contributed by atoms with E-state index in [0.717, 1.165) is 10.0 Å². The van der Waals surface area contributed by atoms with Gasteiger partial charge in [0.15, 0.2) is 0 Å². The standard InChI is InChI=1S/C25H22BrN3O3/c1-16-22(24(30)28-19-10-6-3-7-11-19)23(29-25(31)27-16)20-14-18(26)12-13-21(20)32-15-17-8-4-2-5-9-17/h2-14,23H,15H2,1H3,(H,28,30)(H2,27,29,31)/t23-/m0/s1. The predicted molar refractivity (Wildman–Crippen MR) is 127 cm³/mol. The molecule has 3 amide bonds. The van der Waals surface area contributed by atoms with Crippen molar-refractivity contribution in [2.75, 3.05) is 5.32 Å². The van der Waals surface area contributed by atoms with Crippen molar-refractivity contribution in [1.82, 2.24) is 10.6 Å². The van der Waals surface area contributed by atoms with Crippen molar-refractivity contribution in [1.29, 1.82) is 0 Å². The van der Waals surface area contributed by atoms with Crippen LogP contribution in [0.3, 0.4) is 0 Å². The lowest BCUT2D eigenvalue weighted by Crippen LogP contribution is -2.46. The van der Waals surface area contributed by atoms with E-state index in [-0.39, 0.29) is 11.9 Å². The molecule has 0 radical (unpaired) electrons. The van der Waals surface area contributed by atoms with Crippen molar-refractivity contribution in [3.63, 3.8) is 0 Å². The number of carbonyl (C=O) groups excluding carboxylic acids is 2. The summed E-state index contributed by atoms with van der Waals surface area (Å²) < 4.78 is 6.91. The number of urea groups is 1. The largest absolute Gasteiger partial charge is 0.489 e. The monoisotopic (exact) mass is 491 g/mol. The molecule has 7 heteroatoms. The van der Waals surface area contributed by atoms with Gasteiger partial charge in [0.1, 0.15) is 12.4 Å². The summed E-state index contributed by atoms with van der Waals surface area (Å²) in [6.07, 6.45) is 0. The maximum Gasteiger partial charge on any atom is 0.319 e. The molecule has 3 N–H and O–H groups in total. The molecule has 1 aliphatic heterocycles. The second kappa shape index (κ2) is 9.70. The van der Waals surface area contributed by atoms with E-state index in [1.165, 1.54) is 0 Å². The molecule has 6 nitrogen and oxygen atoms in total. The van der Waals surface area contributed by atoms with Gasteiger partial charge in [-0.3, -0.25) is 4.79 Å². The van der Waals surface area contributed by atoms with Gasteiger partial charge in [0.25, 0.3) is 5.91 Å². The highest BCUT2D eigenvalue weighted by atomic mass is 79.9. The average Bonchev–Trinajstić information content (AvgIpc) is 2.79. The van der Waals surface area contributed by atoms with E-state index in [4.69, 9.17) is 4.74 Å². The fourth-order valence-corrected chi connectivity index (χ4v) is 3.94. The van der Waals surface area contributed by atoms with Gasteiger partial charge in [-0.1, -0.05) is 64.5 Å². The summed E-state index contributed by atoms with van der Waals surface area (Å²) in [5.41, 5.74) is 3.27. The van der Waals surface area contributed by atoms with Crippen molar-refractivity contribution in [3.8, 4) is 5.75 Å². The van der Waals surface area contributed by atoms with E-state index >= 15 is 0 Å². The topological polar surface area (TPSA) is 79.5 Å². The van der Waals surface area contributed by atoms with E-state index in [1.807, 2.05) is 78.9 Å². The molecule has 0 saturated carbocycles. The fraction of sp³-hybridized carbons (Fsp3) is 0.120. The zero-order chi connectivity index (χ0) is 22.5. The van der Waals surface area contributed by atoms with Crippen LogP contribution in [0.2, 0.25) is 0 Å². The molecule has 0 spiro atoms. The van der Waals surface area contributed by atoms with Crippen molar-refractivity contribution in [2.24, 2.45) is 0 Å². The number of hydrogen-bond acceptors (Lipinski definition) is 3. The summed E-state index contributed by atoms with van der Waals surface area (Å²) in [5, 5.41) is 8.49. The smallest absolute Gasteiger partial charge is 0.319 e. The minimum Gasteiger partial charge on any atom is -0.489 e. The van der Waals surface area contributed by atoms with Crippen LogP contribution in [-0.2, 0) is 11.4 Å². The first-order chi connectivity index (χ1) is 15.5. The second-order valence-corrected chi connectivity index (χ2v) is 8.26. The second-order valence-electron chi connectivity index (χ2n) is 7.35. The van der Waals surface area contributed by atoms with E-state index in [1.54, 1.807) is 6.92 Å². The summed E-state index contributed by atoms with van der Waals surface area (Å²) in [7, 11) is 0. The van der Waals surface area contributed by atoms with E-state index < -0.39 is 6.04 Å². The molecule has 32 heavy (non-hydrogen) atoms. The van der Waals surface area contributed by atoms with Gasteiger partial charge in [-0.25, -0.2) is 4.79 Å². The Bertz CT molecular complexity index is 1160. The number of nitrogens with one attached hydrogen (secondary N) is 3. The normalized spacial score (nSPS) is 15.6. The minimum absolute atomic E-state index is 0.305. The lowest BCUT2D eigenvalue weighted by Gasteiger charge is -2.30. The summed E-state index contributed by atoms with van der Waals surface area (Å²) >= 11 is 3.50. The molecule has 0 unspecified atom stereocenters. The molecular weight excluding hydrogens is 470 g/mol.